The fourth-order valence-electron chi connectivity index (χ4n) is 2.19. The van der Waals surface area contributed by atoms with Gasteiger partial charge in [-0.1, -0.05) is 47.5 Å². The molecule has 0 aromatic carbocycles. The second kappa shape index (κ2) is 6.12. The van der Waals surface area contributed by atoms with Gasteiger partial charge in [0.25, 0.3) is 0 Å². The number of hydrogen-bond donors (Lipinski definition) is 1. The van der Waals surface area contributed by atoms with Gasteiger partial charge >= 0.3 is 6.16 Å². The molecule has 1 atom stereocenters. The Balaban J connectivity index is 4.75. The summed E-state index contributed by atoms with van der Waals surface area (Å²) in [6, 6.07) is 0. The summed E-state index contributed by atoms with van der Waals surface area (Å²) < 4.78 is 5.21. The molecule has 0 aromatic heterocycles. The van der Waals surface area contributed by atoms with Crippen molar-refractivity contribution in [1.29, 1.82) is 0 Å². The quantitative estimate of drug-likeness (QED) is 0.541. The van der Waals surface area contributed by atoms with E-state index >= 15 is 0 Å². The Morgan fingerprint density at radius 2 is 1.75 bits per heavy atom. The Hall–Kier alpha value is -0.730. The Kier molecular flexibility index (Phi) is 5.84. The second-order valence-electron chi connectivity index (χ2n) is 5.42. The molecule has 3 nitrogen and oxygen atoms in total. The zero-order chi connectivity index (χ0) is 12.8. The summed E-state index contributed by atoms with van der Waals surface area (Å²) in [6.07, 6.45) is 3.67. The van der Waals surface area contributed by atoms with Crippen molar-refractivity contribution in [2.75, 3.05) is 0 Å². The van der Waals surface area contributed by atoms with Crippen LogP contribution in [0.2, 0.25) is 0 Å². The van der Waals surface area contributed by atoms with Crippen molar-refractivity contribution in [3.05, 3.63) is 0 Å². The summed E-state index contributed by atoms with van der Waals surface area (Å²) in [6.45, 7) is 10.3. The molecule has 16 heavy (non-hydrogen) atoms. The van der Waals surface area contributed by atoms with E-state index in [0.717, 1.165) is 32.1 Å². The number of carboxylic acid groups (broad SMARTS) is 1. The molecule has 0 aliphatic heterocycles. The minimum absolute atomic E-state index is 0.159. The third-order valence-corrected chi connectivity index (χ3v) is 3.40. The van der Waals surface area contributed by atoms with Gasteiger partial charge in [0.1, 0.15) is 5.60 Å². The van der Waals surface area contributed by atoms with E-state index in [1.165, 1.54) is 0 Å². The molecule has 1 unspecified atom stereocenters. The number of ether oxygens (including phenoxy) is 1. The second-order valence-corrected chi connectivity index (χ2v) is 5.42. The van der Waals surface area contributed by atoms with Crippen molar-refractivity contribution in [2.24, 2.45) is 5.41 Å². The largest absolute Gasteiger partial charge is 0.506 e. The third kappa shape index (κ3) is 4.03. The van der Waals surface area contributed by atoms with Crippen LogP contribution in [-0.4, -0.2) is 16.9 Å². The van der Waals surface area contributed by atoms with Gasteiger partial charge < -0.3 is 9.84 Å². The van der Waals surface area contributed by atoms with E-state index in [1.54, 1.807) is 0 Å². The van der Waals surface area contributed by atoms with E-state index in [9.17, 15) is 4.79 Å². The van der Waals surface area contributed by atoms with Crippen LogP contribution in [0.25, 0.3) is 0 Å². The van der Waals surface area contributed by atoms with Gasteiger partial charge in [-0.3, -0.25) is 0 Å². The average molecular weight is 230 g/mol. The lowest BCUT2D eigenvalue weighted by Crippen LogP contribution is -2.46. The molecule has 0 spiro atoms. The summed E-state index contributed by atoms with van der Waals surface area (Å²) in [5, 5.41) is 8.88. The van der Waals surface area contributed by atoms with Crippen LogP contribution in [0.1, 0.15) is 66.7 Å². The molecule has 0 radical (unpaired) electrons. The molecule has 0 amide bonds. The highest BCUT2D eigenvalue weighted by Gasteiger charge is 2.43. The van der Waals surface area contributed by atoms with E-state index in [0.29, 0.717) is 0 Å². The first-order chi connectivity index (χ1) is 7.29. The molecule has 0 aliphatic carbocycles. The smallest absolute Gasteiger partial charge is 0.450 e. The average Bonchev–Trinajstić information content (AvgIpc) is 2.14. The third-order valence-electron chi connectivity index (χ3n) is 3.40. The normalized spacial score (nSPS) is 15.6. The van der Waals surface area contributed by atoms with Gasteiger partial charge in [0, 0.05) is 5.41 Å². The Morgan fingerprint density at radius 1 is 1.19 bits per heavy atom. The molecular formula is C13H26O3. The van der Waals surface area contributed by atoms with Crippen LogP contribution in [0, 0.1) is 5.41 Å². The van der Waals surface area contributed by atoms with E-state index in [4.69, 9.17) is 9.84 Å². The van der Waals surface area contributed by atoms with Crippen molar-refractivity contribution in [1.82, 2.24) is 0 Å². The van der Waals surface area contributed by atoms with Crippen LogP contribution < -0.4 is 0 Å². The molecule has 0 heterocycles. The van der Waals surface area contributed by atoms with E-state index in [2.05, 4.69) is 6.92 Å². The summed E-state index contributed by atoms with van der Waals surface area (Å²) in [4.78, 5) is 10.8. The van der Waals surface area contributed by atoms with Crippen LogP contribution in [0.15, 0.2) is 0 Å². The fraction of sp³-hybridized carbons (Fsp3) is 0.923. The van der Waals surface area contributed by atoms with Crippen LogP contribution in [0.3, 0.4) is 0 Å². The highest BCUT2D eigenvalue weighted by molar-refractivity contribution is 5.57. The van der Waals surface area contributed by atoms with E-state index in [1.807, 2.05) is 27.7 Å². The lowest BCUT2D eigenvalue weighted by Gasteiger charge is -2.42. The minimum atomic E-state index is -1.16. The van der Waals surface area contributed by atoms with Gasteiger partial charge in [-0.05, 0) is 19.3 Å². The molecule has 0 saturated heterocycles. The van der Waals surface area contributed by atoms with Crippen LogP contribution in [-0.2, 0) is 4.74 Å². The topological polar surface area (TPSA) is 46.5 Å². The predicted octanol–water partition coefficient (Wildman–Crippen LogP) is 4.46. The summed E-state index contributed by atoms with van der Waals surface area (Å²) in [5.41, 5.74) is -0.706. The first kappa shape index (κ1) is 15.3. The maximum absolute atomic E-state index is 10.8. The Labute approximate surface area is 99.2 Å². The number of hydrogen-bond acceptors (Lipinski definition) is 2. The van der Waals surface area contributed by atoms with Crippen LogP contribution >= 0.6 is 0 Å². The van der Waals surface area contributed by atoms with Crippen molar-refractivity contribution < 1.29 is 14.6 Å². The molecule has 0 fully saturated rings. The highest BCUT2D eigenvalue weighted by Crippen LogP contribution is 2.40. The summed E-state index contributed by atoms with van der Waals surface area (Å²) in [5.74, 6) is 0. The Bertz CT molecular complexity index is 218. The monoisotopic (exact) mass is 230 g/mol. The zero-order valence-corrected chi connectivity index (χ0v) is 11.3. The van der Waals surface area contributed by atoms with Gasteiger partial charge in [0.05, 0.1) is 0 Å². The zero-order valence-electron chi connectivity index (χ0n) is 11.3. The number of carbonyl (C=O) groups is 1. The lowest BCUT2D eigenvalue weighted by molar-refractivity contribution is -0.0954. The molecule has 0 aromatic rings. The molecule has 0 rings (SSSR count). The SMILES string of the molecule is CCCCCC(CC)(OC(=O)O)C(C)(C)C. The summed E-state index contributed by atoms with van der Waals surface area (Å²) >= 11 is 0. The predicted molar refractivity (Wildman–Crippen MR) is 65.7 cm³/mol. The van der Waals surface area contributed by atoms with E-state index < -0.39 is 11.8 Å². The van der Waals surface area contributed by atoms with Gasteiger partial charge in [-0.15, -0.1) is 0 Å². The highest BCUT2D eigenvalue weighted by atomic mass is 16.7. The molecular weight excluding hydrogens is 204 g/mol. The first-order valence-electron chi connectivity index (χ1n) is 6.21. The number of unbranched alkanes of at least 4 members (excludes halogenated alkanes) is 2. The van der Waals surface area contributed by atoms with Crippen molar-refractivity contribution >= 4 is 6.16 Å². The molecule has 1 N–H and O–H groups in total. The number of rotatable bonds is 6. The van der Waals surface area contributed by atoms with Crippen molar-refractivity contribution in [3.8, 4) is 0 Å². The standard InChI is InChI=1S/C13H26O3/c1-6-8-9-10-13(7-2,12(3,4)5)16-11(14)15/h6-10H2,1-5H3,(H,14,15). The minimum Gasteiger partial charge on any atom is -0.450 e. The maximum Gasteiger partial charge on any atom is 0.506 e. The molecule has 0 aliphatic rings. The molecule has 96 valence electrons. The van der Waals surface area contributed by atoms with Crippen LogP contribution in [0.5, 0.6) is 0 Å². The van der Waals surface area contributed by atoms with Crippen LogP contribution in [0.4, 0.5) is 4.79 Å². The molecule has 0 bridgehead atoms. The fourth-order valence-corrected chi connectivity index (χ4v) is 2.19. The molecule has 3 heteroatoms. The van der Waals surface area contributed by atoms with Crippen molar-refractivity contribution in [3.63, 3.8) is 0 Å². The van der Waals surface area contributed by atoms with Crippen molar-refractivity contribution in [2.45, 2.75) is 72.3 Å². The maximum atomic E-state index is 10.8. The first-order valence-corrected chi connectivity index (χ1v) is 6.21. The Morgan fingerprint density at radius 3 is 2.06 bits per heavy atom. The van der Waals surface area contributed by atoms with E-state index in [-0.39, 0.29) is 5.41 Å². The lowest BCUT2D eigenvalue weighted by atomic mass is 9.71. The molecule has 0 saturated carbocycles. The van der Waals surface area contributed by atoms with Gasteiger partial charge in [0.15, 0.2) is 0 Å². The van der Waals surface area contributed by atoms with Gasteiger partial charge in [-0.2, -0.15) is 0 Å². The van der Waals surface area contributed by atoms with Gasteiger partial charge in [0.2, 0.25) is 0 Å². The summed E-state index contributed by atoms with van der Waals surface area (Å²) in [7, 11) is 0. The van der Waals surface area contributed by atoms with Gasteiger partial charge in [-0.25, -0.2) is 4.79 Å².